The Hall–Kier alpha value is -5.12. The molecule has 3 N–H and O–H groups in total. The zero-order chi connectivity index (χ0) is 43.7. The minimum atomic E-state index is -4.29. The molecule has 3 aliphatic rings. The lowest BCUT2D eigenvalue weighted by Crippen LogP contribution is -2.70. The number of hydrogen-bond donors (Lipinski definition) is 3. The van der Waals surface area contributed by atoms with Crippen molar-refractivity contribution in [1.82, 2.24) is 14.6 Å². The topological polar surface area (TPSA) is 169 Å². The number of nitrogens with one attached hydrogen (secondary N) is 1. The average molecular weight is 867 g/mol. The lowest BCUT2D eigenvalue weighted by molar-refractivity contribution is -0.251. The van der Waals surface area contributed by atoms with Crippen LogP contribution in [-0.4, -0.2) is 85.0 Å². The van der Waals surface area contributed by atoms with Crippen molar-refractivity contribution in [3.05, 3.63) is 120 Å². The zero-order valence-corrected chi connectivity index (χ0v) is 36.3. The van der Waals surface area contributed by atoms with Crippen molar-refractivity contribution >= 4 is 32.7 Å². The Morgan fingerprint density at radius 3 is 2.55 bits per heavy atom. The third-order valence-corrected chi connectivity index (χ3v) is 14.3. The second-order valence-electron chi connectivity index (χ2n) is 16.1. The molecule has 1 aliphatic heterocycles. The number of aromatic nitrogens is 1. The number of ether oxygens (including phenoxy) is 3. The monoisotopic (exact) mass is 866 g/mol. The fourth-order valence-electron chi connectivity index (χ4n) is 9.78. The number of nitrogens with zero attached hydrogens (tertiary/aromatic N) is 3. The van der Waals surface area contributed by atoms with Gasteiger partial charge in [-0.1, -0.05) is 85.6 Å². The lowest BCUT2D eigenvalue weighted by atomic mass is 9.55. The Bertz CT molecular complexity index is 2350. The molecule has 7 rings (SSSR count). The first-order chi connectivity index (χ1) is 30.2. The molecule has 2 aliphatic carbocycles. The number of fused-ring (bicyclic) bond motifs is 3. The van der Waals surface area contributed by atoms with Crippen LogP contribution in [0.15, 0.2) is 119 Å². The van der Waals surface area contributed by atoms with E-state index in [9.17, 15) is 15.0 Å². The van der Waals surface area contributed by atoms with E-state index in [4.69, 9.17) is 19.0 Å². The summed E-state index contributed by atoms with van der Waals surface area (Å²) in [7, 11) is -2.81. The zero-order valence-electron chi connectivity index (χ0n) is 35.5. The second kappa shape index (κ2) is 20.4. The molecule has 0 spiro atoms. The quantitative estimate of drug-likeness (QED) is 0.0451. The SMILES string of the molecule is C=CCOC12Oc3ccc(OC(=O)NCc4ccccc4)cc3C3C(CCCCO)C(CCCCO)C=C(C(=NOC)CC1N(CCC)S(=O)(=O)c1cccc4cccnc14)C32. The lowest BCUT2D eigenvalue weighted by Gasteiger charge is -2.59. The molecule has 1 fully saturated rings. The Kier molecular flexibility index (Phi) is 14.8. The maximum atomic E-state index is 15.4. The summed E-state index contributed by atoms with van der Waals surface area (Å²) in [5.74, 6) is -1.87. The minimum absolute atomic E-state index is 0.00543. The largest absolute Gasteiger partial charge is 0.460 e. The van der Waals surface area contributed by atoms with Gasteiger partial charge in [0.2, 0.25) is 15.8 Å². The van der Waals surface area contributed by atoms with Gasteiger partial charge in [0, 0.05) is 55.8 Å². The Balaban J connectivity index is 1.42. The molecule has 2 heterocycles. The number of sulfonamides is 1. The number of carbonyl (C=O) groups is 1. The molecule has 4 aromatic rings. The van der Waals surface area contributed by atoms with Crippen LogP contribution in [0.2, 0.25) is 0 Å². The summed E-state index contributed by atoms with van der Waals surface area (Å²) >= 11 is 0. The molecule has 1 aromatic heterocycles. The highest BCUT2D eigenvalue weighted by molar-refractivity contribution is 7.89. The van der Waals surface area contributed by atoms with Gasteiger partial charge >= 0.3 is 6.09 Å². The van der Waals surface area contributed by atoms with Crippen LogP contribution >= 0.6 is 0 Å². The second-order valence-corrected chi connectivity index (χ2v) is 18.0. The molecule has 330 valence electrons. The van der Waals surface area contributed by atoms with Crippen LogP contribution in [0.3, 0.4) is 0 Å². The smallest absolute Gasteiger partial charge is 0.412 e. The van der Waals surface area contributed by atoms with E-state index in [2.05, 4.69) is 28.1 Å². The number of unbranched alkanes of at least 4 members (excludes halogenated alkanes) is 2. The number of amides is 1. The number of aliphatic hydroxyl groups is 2. The van der Waals surface area contributed by atoms with Crippen LogP contribution in [0, 0.1) is 17.8 Å². The number of pyridine rings is 1. The standard InChI is InChI=1S/C48H58N4O9S/c1-4-25-52(62(56,57)42-21-13-18-34-19-14-24-49-46(34)42)43-31-40(51-58-3)38-29-35(17-9-11-26-53)37(20-10-12-27-54)44-39-30-36(60-47(55)50-32-33-15-7-6-8-16-33)22-23-41(39)61-48(43,45(38)44)59-28-5-2/h5-8,13-16,18-19,21-24,29-30,35,37,43-45,53-54H,2,4,9-12,17,20,25-28,31-32H2,1,3H3,(H,50,55). The summed E-state index contributed by atoms with van der Waals surface area (Å²) in [6, 6.07) is 22.7. The fourth-order valence-corrected chi connectivity index (χ4v) is 11.7. The summed E-state index contributed by atoms with van der Waals surface area (Å²) in [4.78, 5) is 23.4. The molecule has 1 amide bonds. The van der Waals surface area contributed by atoms with E-state index in [1.807, 2.05) is 55.5 Å². The normalized spacial score (nSPS) is 23.5. The van der Waals surface area contributed by atoms with Gasteiger partial charge in [0.25, 0.3) is 0 Å². The van der Waals surface area contributed by atoms with Crippen molar-refractivity contribution in [2.75, 3.05) is 33.5 Å². The molecule has 6 atom stereocenters. The number of allylic oxidation sites excluding steroid dienone is 1. The van der Waals surface area contributed by atoms with Crippen molar-refractivity contribution in [3.63, 3.8) is 0 Å². The molecule has 3 aromatic carbocycles. The van der Waals surface area contributed by atoms with Crippen molar-refractivity contribution in [2.45, 2.75) is 87.5 Å². The van der Waals surface area contributed by atoms with E-state index < -0.39 is 33.9 Å². The predicted molar refractivity (Wildman–Crippen MR) is 237 cm³/mol. The number of para-hydroxylation sites is 1. The van der Waals surface area contributed by atoms with Crippen LogP contribution in [0.4, 0.5) is 4.79 Å². The van der Waals surface area contributed by atoms with E-state index in [0.29, 0.717) is 47.4 Å². The molecule has 0 radical (unpaired) electrons. The molecule has 0 bridgehead atoms. The molecule has 14 heteroatoms. The van der Waals surface area contributed by atoms with E-state index in [-0.39, 0.29) is 62.0 Å². The first kappa shape index (κ1) is 44.9. The van der Waals surface area contributed by atoms with Crippen molar-refractivity contribution < 1.29 is 42.5 Å². The van der Waals surface area contributed by atoms with Gasteiger partial charge in [-0.3, -0.25) is 4.98 Å². The van der Waals surface area contributed by atoms with Gasteiger partial charge in [-0.2, -0.15) is 4.31 Å². The summed E-state index contributed by atoms with van der Waals surface area (Å²) in [6.45, 7) is 6.51. The van der Waals surface area contributed by atoms with Crippen LogP contribution in [-0.2, 0) is 26.1 Å². The van der Waals surface area contributed by atoms with Gasteiger partial charge in [-0.05, 0) is 85.4 Å². The van der Waals surface area contributed by atoms with Crippen LogP contribution in [0.5, 0.6) is 11.5 Å². The molecule has 62 heavy (non-hydrogen) atoms. The third kappa shape index (κ3) is 9.16. The molecular weight excluding hydrogens is 809 g/mol. The number of rotatable bonds is 20. The van der Waals surface area contributed by atoms with E-state index in [1.54, 1.807) is 42.6 Å². The average Bonchev–Trinajstić information content (AvgIpc) is 3.28. The Labute approximate surface area is 364 Å². The molecular formula is C48H58N4O9S. The van der Waals surface area contributed by atoms with Crippen molar-refractivity contribution in [1.29, 1.82) is 0 Å². The molecule has 13 nitrogen and oxygen atoms in total. The van der Waals surface area contributed by atoms with Crippen LogP contribution in [0.25, 0.3) is 10.9 Å². The number of hydrogen-bond acceptors (Lipinski definition) is 11. The predicted octanol–water partition coefficient (Wildman–Crippen LogP) is 7.89. The van der Waals surface area contributed by atoms with Crippen molar-refractivity contribution in [3.8, 4) is 11.5 Å². The van der Waals surface area contributed by atoms with Gasteiger partial charge in [-0.15, -0.1) is 6.58 Å². The first-order valence-corrected chi connectivity index (χ1v) is 23.1. The number of benzene rings is 3. The van der Waals surface area contributed by atoms with Crippen molar-refractivity contribution in [2.24, 2.45) is 22.9 Å². The minimum Gasteiger partial charge on any atom is -0.460 e. The number of carbonyl (C=O) groups excluding carboxylic acids is 1. The molecule has 6 unspecified atom stereocenters. The summed E-state index contributed by atoms with van der Waals surface area (Å²) in [5, 5.41) is 28.0. The van der Waals surface area contributed by atoms with Crippen LogP contribution in [0.1, 0.15) is 75.3 Å². The maximum Gasteiger partial charge on any atom is 0.412 e. The Morgan fingerprint density at radius 1 is 1.03 bits per heavy atom. The fraction of sp³-hybridized carbons (Fsp3) is 0.438. The van der Waals surface area contributed by atoms with Gasteiger partial charge in [0.15, 0.2) is 0 Å². The summed E-state index contributed by atoms with van der Waals surface area (Å²) in [6.07, 6.45) is 9.65. The maximum absolute atomic E-state index is 15.4. The molecule has 1 saturated carbocycles. The number of aliphatic hydroxyl groups excluding tert-OH is 2. The van der Waals surface area contributed by atoms with E-state index in [0.717, 1.165) is 42.4 Å². The summed E-state index contributed by atoms with van der Waals surface area (Å²) < 4.78 is 52.5. The highest BCUT2D eigenvalue weighted by atomic mass is 32.2. The first-order valence-electron chi connectivity index (χ1n) is 21.7. The molecule has 0 saturated heterocycles. The van der Waals surface area contributed by atoms with Crippen LogP contribution < -0.4 is 14.8 Å². The highest BCUT2D eigenvalue weighted by Gasteiger charge is 2.66. The van der Waals surface area contributed by atoms with Gasteiger partial charge in [-0.25, -0.2) is 13.2 Å². The van der Waals surface area contributed by atoms with Gasteiger partial charge in [0.1, 0.15) is 23.5 Å². The van der Waals surface area contributed by atoms with E-state index in [1.165, 1.54) is 11.4 Å². The highest BCUT2D eigenvalue weighted by Crippen LogP contribution is 2.62. The Morgan fingerprint density at radius 2 is 1.81 bits per heavy atom. The third-order valence-electron chi connectivity index (χ3n) is 12.3. The van der Waals surface area contributed by atoms with Gasteiger partial charge < -0.3 is 34.6 Å². The van der Waals surface area contributed by atoms with Gasteiger partial charge in [0.05, 0.1) is 29.8 Å². The summed E-state index contributed by atoms with van der Waals surface area (Å²) in [5.41, 5.74) is 3.49. The van der Waals surface area contributed by atoms with E-state index >= 15 is 8.42 Å². The number of oxime groups is 1.